The summed E-state index contributed by atoms with van der Waals surface area (Å²) in [5, 5.41) is 0. The van der Waals surface area contributed by atoms with E-state index in [0.29, 0.717) is 12.4 Å². The highest BCUT2D eigenvalue weighted by Gasteiger charge is 2.16. The van der Waals surface area contributed by atoms with Crippen molar-refractivity contribution in [2.45, 2.75) is 11.4 Å². The van der Waals surface area contributed by atoms with Crippen molar-refractivity contribution < 1.29 is 14.2 Å². The molecule has 4 rings (SSSR count). The minimum Gasteiger partial charge on any atom is -0.496 e. The summed E-state index contributed by atoms with van der Waals surface area (Å²) in [6.07, 6.45) is 0. The highest BCUT2D eigenvalue weighted by atomic mass is 79.9. The number of benzene rings is 4. The molecule has 0 bridgehead atoms. The van der Waals surface area contributed by atoms with Crippen LogP contribution >= 0.6 is 15.9 Å². The zero-order chi connectivity index (χ0) is 22.3. The molecule has 0 aliphatic heterocycles. The lowest BCUT2D eigenvalue weighted by Crippen LogP contribution is -2.00. The largest absolute Gasteiger partial charge is 0.496 e. The molecule has 162 valence electrons. The number of alkyl halides is 1. The van der Waals surface area contributed by atoms with Gasteiger partial charge in [-0.15, -0.1) is 0 Å². The van der Waals surface area contributed by atoms with Crippen molar-refractivity contribution in [1.82, 2.24) is 0 Å². The van der Waals surface area contributed by atoms with Gasteiger partial charge in [0.15, 0.2) is 11.5 Å². The van der Waals surface area contributed by atoms with E-state index in [4.69, 9.17) is 14.2 Å². The molecule has 0 heterocycles. The number of methoxy groups -OCH3 is 2. The van der Waals surface area contributed by atoms with Crippen molar-refractivity contribution in [2.75, 3.05) is 14.2 Å². The lowest BCUT2D eigenvalue weighted by molar-refractivity contribution is 0.284. The van der Waals surface area contributed by atoms with Crippen LogP contribution in [0.15, 0.2) is 97.1 Å². The first-order valence-electron chi connectivity index (χ1n) is 10.4. The van der Waals surface area contributed by atoms with Crippen molar-refractivity contribution in [2.24, 2.45) is 0 Å². The second-order valence-electron chi connectivity index (χ2n) is 7.37. The zero-order valence-corrected chi connectivity index (χ0v) is 19.7. The van der Waals surface area contributed by atoms with Crippen LogP contribution < -0.4 is 14.2 Å². The summed E-state index contributed by atoms with van der Waals surface area (Å²) < 4.78 is 17.3. The molecule has 0 radical (unpaired) electrons. The molecule has 0 fully saturated rings. The maximum atomic E-state index is 6.00. The Balaban J connectivity index is 1.56. The van der Waals surface area contributed by atoms with Gasteiger partial charge < -0.3 is 14.2 Å². The van der Waals surface area contributed by atoms with Crippen LogP contribution in [-0.4, -0.2) is 14.2 Å². The molecule has 32 heavy (non-hydrogen) atoms. The van der Waals surface area contributed by atoms with Gasteiger partial charge in [-0.1, -0.05) is 94.8 Å². The quantitative estimate of drug-likeness (QED) is 0.241. The molecule has 3 nitrogen and oxygen atoms in total. The first-order chi connectivity index (χ1) is 15.7. The van der Waals surface area contributed by atoms with Crippen LogP contribution in [0.25, 0.3) is 11.1 Å². The minimum absolute atomic E-state index is 0.0155. The lowest BCUT2D eigenvalue weighted by atomic mass is 9.99. The third-order valence-corrected chi connectivity index (χ3v) is 6.38. The maximum Gasteiger partial charge on any atom is 0.161 e. The summed E-state index contributed by atoms with van der Waals surface area (Å²) in [7, 11) is 3.37. The van der Waals surface area contributed by atoms with Crippen LogP contribution in [-0.2, 0) is 6.61 Å². The van der Waals surface area contributed by atoms with Crippen LogP contribution in [0.1, 0.15) is 21.5 Å². The van der Waals surface area contributed by atoms with Gasteiger partial charge in [0.05, 0.1) is 19.0 Å². The Bertz CT molecular complexity index is 1160. The third kappa shape index (κ3) is 4.97. The minimum atomic E-state index is -0.0155. The van der Waals surface area contributed by atoms with Crippen LogP contribution in [0, 0.1) is 0 Å². The van der Waals surface area contributed by atoms with E-state index < -0.39 is 0 Å². The Morgan fingerprint density at radius 2 is 1.25 bits per heavy atom. The second kappa shape index (κ2) is 10.4. The van der Waals surface area contributed by atoms with Crippen molar-refractivity contribution >= 4 is 15.9 Å². The van der Waals surface area contributed by atoms with Crippen molar-refractivity contribution in [1.29, 1.82) is 0 Å². The third-order valence-electron chi connectivity index (χ3n) is 5.32. The summed E-state index contributed by atoms with van der Waals surface area (Å²) in [6.45, 7) is 0.492. The van der Waals surface area contributed by atoms with Gasteiger partial charge in [0.1, 0.15) is 12.4 Å². The Labute approximate surface area is 197 Å². The molecule has 0 aliphatic carbocycles. The summed E-state index contributed by atoms with van der Waals surface area (Å²) in [6, 6.07) is 32.7. The summed E-state index contributed by atoms with van der Waals surface area (Å²) in [5.74, 6) is 2.26. The molecule has 1 atom stereocenters. The lowest BCUT2D eigenvalue weighted by Gasteiger charge is -2.17. The molecule has 0 saturated carbocycles. The molecular weight excluding hydrogens is 464 g/mol. The van der Waals surface area contributed by atoms with E-state index >= 15 is 0 Å². The predicted octanol–water partition coefficient (Wildman–Crippen LogP) is 7.43. The number of ether oxygens (including phenoxy) is 3. The Kier molecular flexibility index (Phi) is 7.13. The van der Waals surface area contributed by atoms with Crippen molar-refractivity contribution in [3.05, 3.63) is 114 Å². The Hall–Kier alpha value is -3.24. The maximum absolute atomic E-state index is 6.00. The fraction of sp³-hybridized carbons (Fsp3) is 0.143. The van der Waals surface area contributed by atoms with Gasteiger partial charge in [-0.2, -0.15) is 0 Å². The summed E-state index contributed by atoms with van der Waals surface area (Å²) in [5.41, 5.74) is 5.48. The fourth-order valence-electron chi connectivity index (χ4n) is 3.61. The van der Waals surface area contributed by atoms with Gasteiger partial charge in [0, 0.05) is 5.56 Å². The molecule has 0 amide bonds. The molecular formula is C28H25BrO3. The van der Waals surface area contributed by atoms with Crippen molar-refractivity contribution in [3.63, 3.8) is 0 Å². The van der Waals surface area contributed by atoms with E-state index in [-0.39, 0.29) is 4.83 Å². The van der Waals surface area contributed by atoms with Crippen LogP contribution in [0.2, 0.25) is 0 Å². The standard InChI is InChI=1S/C28H25BrO3/c1-30-26-17-22(13-15-24(26)21-11-7-4-8-12-21)28(29)23-14-16-25(27(18-23)31-2)32-19-20-9-5-3-6-10-20/h3-18,28H,19H2,1-2H3. The highest BCUT2D eigenvalue weighted by Crippen LogP contribution is 2.40. The Morgan fingerprint density at radius 1 is 0.656 bits per heavy atom. The zero-order valence-electron chi connectivity index (χ0n) is 18.1. The van der Waals surface area contributed by atoms with Crippen LogP contribution in [0.5, 0.6) is 17.2 Å². The predicted molar refractivity (Wildman–Crippen MR) is 133 cm³/mol. The molecule has 0 aliphatic rings. The first-order valence-corrected chi connectivity index (χ1v) is 11.3. The number of hydrogen-bond acceptors (Lipinski definition) is 3. The van der Waals surface area contributed by atoms with E-state index in [1.165, 1.54) is 0 Å². The highest BCUT2D eigenvalue weighted by molar-refractivity contribution is 9.09. The molecule has 0 aromatic heterocycles. The van der Waals surface area contributed by atoms with E-state index in [9.17, 15) is 0 Å². The van der Waals surface area contributed by atoms with Gasteiger partial charge in [0.2, 0.25) is 0 Å². The average molecular weight is 489 g/mol. The molecule has 4 aromatic carbocycles. The van der Waals surface area contributed by atoms with Crippen molar-refractivity contribution in [3.8, 4) is 28.4 Å². The Morgan fingerprint density at radius 3 is 1.91 bits per heavy atom. The van der Waals surface area contributed by atoms with E-state index in [1.807, 2.05) is 60.7 Å². The van der Waals surface area contributed by atoms with Gasteiger partial charge in [-0.05, 0) is 40.5 Å². The fourth-order valence-corrected chi connectivity index (χ4v) is 4.18. The van der Waals surface area contributed by atoms with Gasteiger partial charge in [0.25, 0.3) is 0 Å². The smallest absolute Gasteiger partial charge is 0.161 e. The van der Waals surface area contributed by atoms with Crippen LogP contribution in [0.3, 0.4) is 0 Å². The first kappa shape index (κ1) is 22.0. The molecule has 4 heteroatoms. The number of hydrogen-bond donors (Lipinski definition) is 0. The molecule has 4 aromatic rings. The van der Waals surface area contributed by atoms with E-state index in [2.05, 4.69) is 52.3 Å². The normalized spacial score (nSPS) is 11.6. The number of rotatable bonds is 8. The molecule has 0 spiro atoms. The second-order valence-corrected chi connectivity index (χ2v) is 8.29. The SMILES string of the molecule is COc1cc(C(Br)c2ccc(-c3ccccc3)c(OC)c2)ccc1OCc1ccccc1. The van der Waals surface area contributed by atoms with Crippen LogP contribution in [0.4, 0.5) is 0 Å². The van der Waals surface area contributed by atoms with Gasteiger partial charge in [-0.3, -0.25) is 0 Å². The molecule has 0 saturated heterocycles. The van der Waals surface area contributed by atoms with E-state index in [0.717, 1.165) is 39.3 Å². The average Bonchev–Trinajstić information content (AvgIpc) is 2.87. The molecule has 1 unspecified atom stereocenters. The summed E-state index contributed by atoms with van der Waals surface area (Å²) in [4.78, 5) is -0.0155. The monoisotopic (exact) mass is 488 g/mol. The van der Waals surface area contributed by atoms with E-state index in [1.54, 1.807) is 14.2 Å². The summed E-state index contributed by atoms with van der Waals surface area (Å²) >= 11 is 3.85. The molecule has 0 N–H and O–H groups in total. The van der Waals surface area contributed by atoms with Gasteiger partial charge >= 0.3 is 0 Å². The topological polar surface area (TPSA) is 27.7 Å². The van der Waals surface area contributed by atoms with Gasteiger partial charge in [-0.25, -0.2) is 0 Å². The number of halogens is 1.